The number of nitrogens with zero attached hydrogens (tertiary/aromatic N) is 2. The molecule has 1 fully saturated rings. The van der Waals surface area contributed by atoms with Crippen LogP contribution in [-0.2, 0) is 11.3 Å². The van der Waals surface area contributed by atoms with E-state index in [1.165, 1.54) is 22.4 Å². The average molecular weight is 366 g/mol. The van der Waals surface area contributed by atoms with Crippen molar-refractivity contribution in [3.63, 3.8) is 0 Å². The highest BCUT2D eigenvalue weighted by Gasteiger charge is 2.26. The van der Waals surface area contributed by atoms with Crippen molar-refractivity contribution < 1.29 is 4.79 Å². The minimum absolute atomic E-state index is 0.101. The van der Waals surface area contributed by atoms with Gasteiger partial charge < -0.3 is 10.2 Å². The fourth-order valence-corrected chi connectivity index (χ4v) is 3.75. The van der Waals surface area contributed by atoms with Crippen molar-refractivity contribution >= 4 is 11.6 Å². The van der Waals surface area contributed by atoms with Crippen LogP contribution in [0.2, 0.25) is 0 Å². The number of benzene rings is 2. The van der Waals surface area contributed by atoms with E-state index in [-0.39, 0.29) is 11.9 Å². The lowest BCUT2D eigenvalue weighted by Gasteiger charge is -2.39. The molecule has 144 valence electrons. The first-order valence-corrected chi connectivity index (χ1v) is 9.84. The third-order valence-corrected chi connectivity index (χ3v) is 5.71. The molecule has 1 atom stereocenters. The summed E-state index contributed by atoms with van der Waals surface area (Å²) in [5.74, 6) is 0.108. The average Bonchev–Trinajstić information content (AvgIpc) is 2.68. The minimum atomic E-state index is -0.101. The smallest absolute Gasteiger partial charge is 0.237 e. The Bertz CT molecular complexity index is 794. The molecule has 1 amide bonds. The molecule has 27 heavy (non-hydrogen) atoms. The molecule has 2 aromatic carbocycles. The predicted octanol–water partition coefficient (Wildman–Crippen LogP) is 3.44. The Morgan fingerprint density at radius 2 is 1.74 bits per heavy atom. The Balaban J connectivity index is 1.52. The van der Waals surface area contributed by atoms with Crippen molar-refractivity contribution in [2.24, 2.45) is 0 Å². The monoisotopic (exact) mass is 365 g/mol. The summed E-state index contributed by atoms with van der Waals surface area (Å²) in [7, 11) is 0. The van der Waals surface area contributed by atoms with Crippen LogP contribution >= 0.6 is 0 Å². The van der Waals surface area contributed by atoms with Crippen LogP contribution in [0.3, 0.4) is 0 Å². The number of anilines is 1. The lowest BCUT2D eigenvalue weighted by atomic mass is 10.1. The molecule has 1 aliphatic rings. The molecule has 0 radical (unpaired) electrons. The van der Waals surface area contributed by atoms with Gasteiger partial charge in [-0.1, -0.05) is 42.0 Å². The number of hydrogen-bond donors (Lipinski definition) is 1. The Labute approximate surface area is 163 Å². The number of hydrogen-bond acceptors (Lipinski definition) is 3. The normalized spacial score (nSPS) is 16.2. The molecular formula is C23H31N3O. The van der Waals surface area contributed by atoms with E-state index in [2.05, 4.69) is 72.3 Å². The number of carbonyl (C=O) groups is 1. The summed E-state index contributed by atoms with van der Waals surface area (Å²) in [4.78, 5) is 17.3. The van der Waals surface area contributed by atoms with E-state index in [9.17, 15) is 4.79 Å². The molecule has 3 rings (SSSR count). The predicted molar refractivity (Wildman–Crippen MR) is 112 cm³/mol. The summed E-state index contributed by atoms with van der Waals surface area (Å²) in [6.07, 6.45) is 0. The number of carbonyl (C=O) groups excluding carboxylic acids is 1. The van der Waals surface area contributed by atoms with Gasteiger partial charge >= 0.3 is 0 Å². The van der Waals surface area contributed by atoms with Gasteiger partial charge in [0.1, 0.15) is 0 Å². The Hall–Kier alpha value is -2.33. The summed E-state index contributed by atoms with van der Waals surface area (Å²) in [6.45, 7) is 12.8. The SMILES string of the molecule is Cc1cccc(CNC(=O)[C@H](C)N2CCN(c3cccc(C)c3C)CC2)c1. The first kappa shape index (κ1) is 19.4. The molecule has 0 bridgehead atoms. The van der Waals surface area contributed by atoms with Gasteiger partial charge in [-0.2, -0.15) is 0 Å². The topological polar surface area (TPSA) is 35.6 Å². The zero-order valence-corrected chi connectivity index (χ0v) is 17.0. The zero-order chi connectivity index (χ0) is 19.4. The van der Waals surface area contributed by atoms with Gasteiger partial charge in [-0.15, -0.1) is 0 Å². The molecule has 1 aliphatic heterocycles. The largest absolute Gasteiger partial charge is 0.369 e. The number of nitrogens with one attached hydrogen (secondary N) is 1. The Kier molecular flexibility index (Phi) is 6.17. The summed E-state index contributed by atoms with van der Waals surface area (Å²) >= 11 is 0. The number of piperazine rings is 1. The first-order valence-electron chi connectivity index (χ1n) is 9.84. The van der Waals surface area contributed by atoms with Crippen molar-refractivity contribution in [2.75, 3.05) is 31.1 Å². The van der Waals surface area contributed by atoms with Crippen molar-refractivity contribution in [2.45, 2.75) is 40.3 Å². The van der Waals surface area contributed by atoms with E-state index in [1.54, 1.807) is 0 Å². The lowest BCUT2D eigenvalue weighted by molar-refractivity contribution is -0.126. The van der Waals surface area contributed by atoms with Crippen LogP contribution in [-0.4, -0.2) is 43.0 Å². The molecule has 1 heterocycles. The molecule has 0 spiro atoms. The van der Waals surface area contributed by atoms with Gasteiger partial charge in [0, 0.05) is 38.4 Å². The summed E-state index contributed by atoms with van der Waals surface area (Å²) in [5, 5.41) is 3.09. The summed E-state index contributed by atoms with van der Waals surface area (Å²) < 4.78 is 0. The van der Waals surface area contributed by atoms with Gasteiger partial charge in [0.15, 0.2) is 0 Å². The molecule has 1 N–H and O–H groups in total. The molecule has 2 aromatic rings. The van der Waals surface area contributed by atoms with Crippen LogP contribution in [0.4, 0.5) is 5.69 Å². The van der Waals surface area contributed by atoms with Gasteiger partial charge in [0.05, 0.1) is 6.04 Å². The number of rotatable bonds is 5. The maximum absolute atomic E-state index is 12.6. The van der Waals surface area contributed by atoms with E-state index < -0.39 is 0 Å². The third-order valence-electron chi connectivity index (χ3n) is 5.71. The van der Waals surface area contributed by atoms with Crippen molar-refractivity contribution in [3.05, 3.63) is 64.7 Å². The highest BCUT2D eigenvalue weighted by atomic mass is 16.2. The van der Waals surface area contributed by atoms with E-state index in [0.717, 1.165) is 31.7 Å². The van der Waals surface area contributed by atoms with Gasteiger partial charge in [0.2, 0.25) is 5.91 Å². The highest BCUT2D eigenvalue weighted by molar-refractivity contribution is 5.81. The minimum Gasteiger partial charge on any atom is -0.369 e. The second kappa shape index (κ2) is 8.57. The van der Waals surface area contributed by atoms with E-state index >= 15 is 0 Å². The highest BCUT2D eigenvalue weighted by Crippen LogP contribution is 2.24. The molecule has 4 heteroatoms. The quantitative estimate of drug-likeness (QED) is 0.882. The number of amides is 1. The molecule has 1 saturated heterocycles. The van der Waals surface area contributed by atoms with E-state index in [0.29, 0.717) is 6.54 Å². The molecular weight excluding hydrogens is 334 g/mol. The summed E-state index contributed by atoms with van der Waals surface area (Å²) in [6, 6.07) is 14.7. The zero-order valence-electron chi connectivity index (χ0n) is 17.0. The molecule has 0 unspecified atom stereocenters. The summed E-state index contributed by atoms with van der Waals surface area (Å²) in [5.41, 5.74) is 6.38. The number of aryl methyl sites for hydroxylation is 2. The Morgan fingerprint density at radius 1 is 1.04 bits per heavy atom. The van der Waals surface area contributed by atoms with Crippen LogP contribution in [0.15, 0.2) is 42.5 Å². The van der Waals surface area contributed by atoms with Gasteiger partial charge in [-0.05, 0) is 50.5 Å². The van der Waals surface area contributed by atoms with Crippen LogP contribution in [0, 0.1) is 20.8 Å². The Morgan fingerprint density at radius 3 is 2.44 bits per heavy atom. The van der Waals surface area contributed by atoms with Crippen LogP contribution < -0.4 is 10.2 Å². The fourth-order valence-electron chi connectivity index (χ4n) is 3.75. The van der Waals surface area contributed by atoms with Crippen molar-refractivity contribution in [3.8, 4) is 0 Å². The second-order valence-electron chi connectivity index (χ2n) is 7.62. The first-order chi connectivity index (χ1) is 13.0. The maximum Gasteiger partial charge on any atom is 0.237 e. The fraction of sp³-hybridized carbons (Fsp3) is 0.435. The van der Waals surface area contributed by atoms with Crippen LogP contribution in [0.25, 0.3) is 0 Å². The lowest BCUT2D eigenvalue weighted by Crippen LogP contribution is -2.54. The van der Waals surface area contributed by atoms with Gasteiger partial charge in [0.25, 0.3) is 0 Å². The van der Waals surface area contributed by atoms with Crippen LogP contribution in [0.5, 0.6) is 0 Å². The standard InChI is InChI=1S/C23H31N3O/c1-17-7-5-9-21(15-17)16-24-23(27)20(4)25-11-13-26(14-12-25)22-10-6-8-18(2)19(22)3/h5-10,15,20H,11-14,16H2,1-4H3,(H,24,27)/t20-/m0/s1. The molecule has 0 aromatic heterocycles. The van der Waals surface area contributed by atoms with Gasteiger partial charge in [-0.25, -0.2) is 0 Å². The van der Waals surface area contributed by atoms with E-state index in [1.807, 2.05) is 13.0 Å². The van der Waals surface area contributed by atoms with E-state index in [4.69, 9.17) is 0 Å². The maximum atomic E-state index is 12.6. The molecule has 0 saturated carbocycles. The third kappa shape index (κ3) is 4.69. The van der Waals surface area contributed by atoms with Crippen molar-refractivity contribution in [1.29, 1.82) is 0 Å². The second-order valence-corrected chi connectivity index (χ2v) is 7.62. The van der Waals surface area contributed by atoms with Gasteiger partial charge in [-0.3, -0.25) is 9.69 Å². The molecule has 0 aliphatic carbocycles. The molecule has 4 nitrogen and oxygen atoms in total. The van der Waals surface area contributed by atoms with Crippen molar-refractivity contribution in [1.82, 2.24) is 10.2 Å². The van der Waals surface area contributed by atoms with Crippen LogP contribution in [0.1, 0.15) is 29.2 Å².